The molecule has 6 rings (SSSR count). The number of hydrogen-bond acceptors (Lipinski definition) is 4. The lowest BCUT2D eigenvalue weighted by Crippen LogP contribution is -2.42. The predicted octanol–water partition coefficient (Wildman–Crippen LogP) is 5.49. The Labute approximate surface area is 219 Å². The fraction of sp³-hybridized carbons (Fsp3) is 0.276. The molecular weight excluding hydrogens is 487 g/mol. The zero-order chi connectivity index (χ0) is 25.5. The van der Waals surface area contributed by atoms with Crippen LogP contribution in [-0.2, 0) is 26.1 Å². The van der Waals surface area contributed by atoms with Crippen LogP contribution in [0.5, 0.6) is 5.75 Å². The third kappa shape index (κ3) is 4.40. The van der Waals surface area contributed by atoms with Crippen molar-refractivity contribution in [3.8, 4) is 10.8 Å². The van der Waals surface area contributed by atoms with Gasteiger partial charge >= 0.3 is 6.03 Å². The topological polar surface area (TPSA) is 49.7 Å². The molecule has 2 aliphatic rings. The van der Waals surface area contributed by atoms with E-state index in [1.165, 1.54) is 33.1 Å². The molecule has 6 nitrogen and oxygen atoms in total. The first-order valence-corrected chi connectivity index (χ1v) is 13.3. The van der Waals surface area contributed by atoms with E-state index in [0.29, 0.717) is 13.1 Å². The minimum atomic E-state index is -0.289. The zero-order valence-corrected chi connectivity index (χ0v) is 21.7. The number of halogens is 1. The first kappa shape index (κ1) is 23.8. The molecule has 2 aromatic carbocycles. The number of amides is 2. The van der Waals surface area contributed by atoms with Gasteiger partial charge < -0.3 is 24.4 Å². The Hall–Kier alpha value is -3.62. The number of likely N-dealkylation sites (N-methyl/N-ethyl adjacent to an activating group) is 1. The molecule has 1 atom stereocenters. The lowest BCUT2D eigenvalue weighted by Gasteiger charge is -2.32. The van der Waals surface area contributed by atoms with Gasteiger partial charge in [-0.2, -0.15) is 0 Å². The number of carbonyl (C=O) groups is 1. The summed E-state index contributed by atoms with van der Waals surface area (Å²) >= 11 is 1.84. The second-order valence-corrected chi connectivity index (χ2v) is 10.8. The Bertz CT molecular complexity index is 1430. The number of fused-ring (bicyclic) bond motifs is 5. The number of urea groups is 1. The number of aromatic nitrogens is 1. The highest BCUT2D eigenvalue weighted by Crippen LogP contribution is 2.43. The fourth-order valence-corrected chi connectivity index (χ4v) is 6.81. The molecule has 0 radical (unpaired) electrons. The number of methoxy groups -OCH3 is 1. The van der Waals surface area contributed by atoms with Gasteiger partial charge in [-0.15, -0.1) is 11.3 Å². The van der Waals surface area contributed by atoms with Crippen molar-refractivity contribution in [1.82, 2.24) is 19.7 Å². The van der Waals surface area contributed by atoms with Crippen LogP contribution in [0.2, 0.25) is 0 Å². The first-order chi connectivity index (χ1) is 18.0. The van der Waals surface area contributed by atoms with Crippen LogP contribution >= 0.6 is 11.3 Å². The molecule has 0 bridgehead atoms. The number of nitrogens with zero attached hydrogens (tertiary/aromatic N) is 3. The number of carbonyl (C=O) groups excluding carboxylic acids is 1. The van der Waals surface area contributed by atoms with Crippen molar-refractivity contribution in [1.29, 1.82) is 0 Å². The quantitative estimate of drug-likeness (QED) is 0.390. The van der Waals surface area contributed by atoms with Gasteiger partial charge in [0.15, 0.2) is 0 Å². The van der Waals surface area contributed by atoms with Crippen molar-refractivity contribution in [3.63, 3.8) is 0 Å². The first-order valence-electron chi connectivity index (χ1n) is 12.4. The number of nitrogens with one attached hydrogen (secondary N) is 1. The number of ether oxygens (including phenoxy) is 1. The second-order valence-electron chi connectivity index (χ2n) is 9.67. The predicted molar refractivity (Wildman–Crippen MR) is 143 cm³/mol. The molecule has 8 heteroatoms. The molecule has 0 saturated heterocycles. The molecule has 190 valence electrons. The maximum Gasteiger partial charge on any atom is 0.318 e. The largest absolute Gasteiger partial charge is 0.497 e. The van der Waals surface area contributed by atoms with Crippen LogP contribution in [0, 0.1) is 5.82 Å². The summed E-state index contributed by atoms with van der Waals surface area (Å²) in [6.07, 6.45) is 3.09. The lowest BCUT2D eigenvalue weighted by atomic mass is 10.00. The minimum absolute atomic E-state index is 0.154. The van der Waals surface area contributed by atoms with Crippen LogP contribution in [-0.4, -0.2) is 41.1 Å². The standard InChI is InChI=1S/C29H29FN4O2S/c1-32-15-13-23-24-17-34(29(35)31-16-19-5-9-21(30)10-6-19)27(20-7-11-22(36-2)12-8-20)25-4-3-14-33(25)28(24)37-26(23)18-32/h3-12,14,27H,13,15-18H2,1-2H3,(H,31,35). The van der Waals surface area contributed by atoms with Crippen molar-refractivity contribution >= 4 is 17.4 Å². The summed E-state index contributed by atoms with van der Waals surface area (Å²) in [6.45, 7) is 2.78. The van der Waals surface area contributed by atoms with Gasteiger partial charge in [0.25, 0.3) is 0 Å². The van der Waals surface area contributed by atoms with E-state index in [9.17, 15) is 9.18 Å². The minimum Gasteiger partial charge on any atom is -0.497 e. The molecule has 2 aliphatic heterocycles. The molecule has 1 unspecified atom stereocenters. The molecule has 2 aromatic heterocycles. The van der Waals surface area contributed by atoms with Crippen molar-refractivity contribution in [2.75, 3.05) is 20.7 Å². The van der Waals surface area contributed by atoms with E-state index >= 15 is 0 Å². The van der Waals surface area contributed by atoms with Crippen LogP contribution in [0.15, 0.2) is 66.9 Å². The highest BCUT2D eigenvalue weighted by Gasteiger charge is 2.36. The molecule has 0 saturated carbocycles. The molecule has 0 fully saturated rings. The average Bonchev–Trinajstić information content (AvgIpc) is 3.49. The van der Waals surface area contributed by atoms with E-state index in [2.05, 4.69) is 40.2 Å². The van der Waals surface area contributed by atoms with Crippen LogP contribution in [0.4, 0.5) is 9.18 Å². The summed E-state index contributed by atoms with van der Waals surface area (Å²) in [4.78, 5) is 19.6. The van der Waals surface area contributed by atoms with Gasteiger partial charge in [-0.1, -0.05) is 24.3 Å². The molecule has 37 heavy (non-hydrogen) atoms. The van der Waals surface area contributed by atoms with Crippen LogP contribution in [0.25, 0.3) is 5.00 Å². The Morgan fingerprint density at radius 1 is 1.08 bits per heavy atom. The third-order valence-electron chi connectivity index (χ3n) is 7.30. The Morgan fingerprint density at radius 2 is 1.86 bits per heavy atom. The highest BCUT2D eigenvalue weighted by molar-refractivity contribution is 7.15. The Kier molecular flexibility index (Phi) is 6.22. The summed E-state index contributed by atoms with van der Waals surface area (Å²) in [5.41, 5.74) is 5.53. The second kappa shape index (κ2) is 9.68. The zero-order valence-electron chi connectivity index (χ0n) is 20.9. The highest BCUT2D eigenvalue weighted by atomic mass is 32.1. The summed E-state index contributed by atoms with van der Waals surface area (Å²) in [5, 5.41) is 4.30. The van der Waals surface area contributed by atoms with Crippen molar-refractivity contribution in [2.24, 2.45) is 0 Å². The van der Waals surface area contributed by atoms with E-state index in [-0.39, 0.29) is 17.9 Å². The van der Waals surface area contributed by atoms with Gasteiger partial charge in [-0.3, -0.25) is 0 Å². The van der Waals surface area contributed by atoms with Gasteiger partial charge in [0.2, 0.25) is 0 Å². The van der Waals surface area contributed by atoms with Crippen LogP contribution < -0.4 is 10.1 Å². The summed E-state index contributed by atoms with van der Waals surface area (Å²) < 4.78 is 21.0. The van der Waals surface area contributed by atoms with E-state index in [1.807, 2.05) is 40.5 Å². The van der Waals surface area contributed by atoms with E-state index in [1.54, 1.807) is 19.2 Å². The Morgan fingerprint density at radius 3 is 2.62 bits per heavy atom. The van der Waals surface area contributed by atoms with Crippen LogP contribution in [0.3, 0.4) is 0 Å². The third-order valence-corrected chi connectivity index (χ3v) is 8.56. The normalized spacial score (nSPS) is 16.9. The number of thiophene rings is 1. The van der Waals surface area contributed by atoms with E-state index in [0.717, 1.165) is 42.1 Å². The van der Waals surface area contributed by atoms with E-state index in [4.69, 9.17) is 4.74 Å². The van der Waals surface area contributed by atoms with Crippen LogP contribution in [0.1, 0.15) is 38.9 Å². The smallest absolute Gasteiger partial charge is 0.318 e. The van der Waals surface area contributed by atoms with Gasteiger partial charge in [-0.25, -0.2) is 9.18 Å². The molecule has 0 aliphatic carbocycles. The van der Waals surface area contributed by atoms with Gasteiger partial charge in [0.05, 0.1) is 25.4 Å². The summed E-state index contributed by atoms with van der Waals surface area (Å²) in [5.74, 6) is 0.487. The maximum absolute atomic E-state index is 13.9. The number of benzene rings is 2. The molecule has 0 spiro atoms. The van der Waals surface area contributed by atoms with Crippen molar-refractivity contribution in [3.05, 3.63) is 106 Å². The van der Waals surface area contributed by atoms with Gasteiger partial charge in [0, 0.05) is 36.3 Å². The molecule has 4 heterocycles. The van der Waals surface area contributed by atoms with Gasteiger partial charge in [0.1, 0.15) is 16.6 Å². The Balaban J connectivity index is 1.42. The summed E-state index contributed by atoms with van der Waals surface area (Å²) in [6, 6.07) is 17.9. The number of hydrogen-bond donors (Lipinski definition) is 1. The number of rotatable bonds is 4. The summed E-state index contributed by atoms with van der Waals surface area (Å²) in [7, 11) is 3.81. The molecular formula is C29H29FN4O2S. The monoisotopic (exact) mass is 516 g/mol. The van der Waals surface area contributed by atoms with Crippen molar-refractivity contribution in [2.45, 2.75) is 32.1 Å². The maximum atomic E-state index is 13.9. The van der Waals surface area contributed by atoms with E-state index < -0.39 is 0 Å². The molecule has 4 aromatic rings. The SMILES string of the molecule is COc1ccc(C2c3cccn3-c3sc4c(c3CN2C(=O)NCc2ccc(F)cc2)CCN(C)C4)cc1. The molecule has 2 amide bonds. The lowest BCUT2D eigenvalue weighted by molar-refractivity contribution is 0.180. The fourth-order valence-electron chi connectivity index (χ4n) is 5.37. The average molecular weight is 517 g/mol. The molecule has 1 N–H and O–H groups in total. The van der Waals surface area contributed by atoms with Crippen molar-refractivity contribution < 1.29 is 13.9 Å². The van der Waals surface area contributed by atoms with Gasteiger partial charge in [-0.05, 0) is 66.6 Å².